The van der Waals surface area contributed by atoms with Crippen molar-refractivity contribution in [1.29, 1.82) is 0 Å². The van der Waals surface area contributed by atoms with Crippen LogP contribution in [0, 0.1) is 0 Å². The lowest BCUT2D eigenvalue weighted by molar-refractivity contribution is -0.132. The average Bonchev–Trinajstić information content (AvgIpc) is 3.18. The minimum Gasteiger partial charge on any atom is -0.361 e. The summed E-state index contributed by atoms with van der Waals surface area (Å²) < 4.78 is 2.13. The van der Waals surface area contributed by atoms with E-state index in [1.165, 1.54) is 0 Å². The van der Waals surface area contributed by atoms with Crippen LogP contribution >= 0.6 is 0 Å². The van der Waals surface area contributed by atoms with Crippen molar-refractivity contribution >= 4 is 16.8 Å². The Hall–Kier alpha value is -2.63. The molecule has 0 spiro atoms. The lowest BCUT2D eigenvalue weighted by Crippen LogP contribution is -2.39. The molecule has 2 aromatic heterocycles. The molecule has 3 aromatic rings. The molecule has 0 aliphatic carbocycles. The van der Waals surface area contributed by atoms with Gasteiger partial charge in [-0.2, -0.15) is 0 Å². The summed E-state index contributed by atoms with van der Waals surface area (Å²) in [5, 5.41) is 9.54. The first kappa shape index (κ1) is 14.0. The number of carbonyl (C=O) groups is 1. The van der Waals surface area contributed by atoms with Crippen molar-refractivity contribution in [3.63, 3.8) is 0 Å². The van der Waals surface area contributed by atoms with Crippen LogP contribution in [-0.2, 0) is 30.7 Å². The Balaban J connectivity index is 1.52. The number of H-pyrrole nitrogens is 1. The van der Waals surface area contributed by atoms with Gasteiger partial charge in [-0.15, -0.1) is 10.2 Å². The Morgan fingerprint density at radius 2 is 2.13 bits per heavy atom. The number of aryl methyl sites for hydroxylation is 1. The molecule has 4 rings (SSSR count). The summed E-state index contributed by atoms with van der Waals surface area (Å²) in [4.78, 5) is 17.8. The molecule has 3 heterocycles. The van der Waals surface area contributed by atoms with Crippen molar-refractivity contribution in [1.82, 2.24) is 24.6 Å². The van der Waals surface area contributed by atoms with Crippen LogP contribution in [0.15, 0.2) is 30.5 Å². The first-order valence-electron chi connectivity index (χ1n) is 8.00. The molecule has 0 saturated carbocycles. The summed E-state index contributed by atoms with van der Waals surface area (Å²) in [6.45, 7) is 4.13. The number of hydrogen-bond acceptors (Lipinski definition) is 3. The largest absolute Gasteiger partial charge is 0.361 e. The topological polar surface area (TPSA) is 66.8 Å². The van der Waals surface area contributed by atoms with Crippen molar-refractivity contribution in [3.8, 4) is 0 Å². The van der Waals surface area contributed by atoms with Gasteiger partial charge in [0.25, 0.3) is 0 Å². The third kappa shape index (κ3) is 2.40. The Kier molecular flexibility index (Phi) is 3.37. The number of benzene rings is 1. The second-order valence-corrected chi connectivity index (χ2v) is 5.89. The molecule has 1 aromatic carbocycles. The fourth-order valence-electron chi connectivity index (χ4n) is 3.24. The van der Waals surface area contributed by atoms with Gasteiger partial charge in [-0.25, -0.2) is 0 Å². The van der Waals surface area contributed by atoms with E-state index in [1.54, 1.807) is 0 Å². The molecule has 23 heavy (non-hydrogen) atoms. The number of aromatic nitrogens is 4. The number of fused-ring (bicyclic) bond motifs is 2. The van der Waals surface area contributed by atoms with Gasteiger partial charge < -0.3 is 14.5 Å². The van der Waals surface area contributed by atoms with Crippen molar-refractivity contribution in [2.45, 2.75) is 32.9 Å². The van der Waals surface area contributed by atoms with Crippen molar-refractivity contribution in [2.24, 2.45) is 0 Å². The van der Waals surface area contributed by atoms with Crippen LogP contribution in [0.2, 0.25) is 0 Å². The lowest BCUT2D eigenvalue weighted by Gasteiger charge is -2.27. The highest BCUT2D eigenvalue weighted by Gasteiger charge is 2.24. The highest BCUT2D eigenvalue weighted by atomic mass is 16.2. The summed E-state index contributed by atoms with van der Waals surface area (Å²) >= 11 is 0. The van der Waals surface area contributed by atoms with Crippen molar-refractivity contribution in [2.75, 3.05) is 6.54 Å². The first-order valence-corrected chi connectivity index (χ1v) is 8.00. The Labute approximate surface area is 134 Å². The number of nitrogens with one attached hydrogen (secondary N) is 1. The highest BCUT2D eigenvalue weighted by molar-refractivity contribution is 5.88. The third-order valence-electron chi connectivity index (χ3n) is 4.52. The minimum absolute atomic E-state index is 0.141. The molecular weight excluding hydrogens is 290 g/mol. The van der Waals surface area contributed by atoms with Gasteiger partial charge in [-0.05, 0) is 11.6 Å². The molecule has 0 fully saturated rings. The van der Waals surface area contributed by atoms with Gasteiger partial charge in [-0.3, -0.25) is 4.79 Å². The van der Waals surface area contributed by atoms with Gasteiger partial charge >= 0.3 is 0 Å². The summed E-state index contributed by atoms with van der Waals surface area (Å²) in [5.74, 6) is 2.03. The maximum Gasteiger partial charge on any atom is 0.227 e. The molecular formula is C17H19N5O. The smallest absolute Gasteiger partial charge is 0.227 e. The van der Waals surface area contributed by atoms with Crippen LogP contribution in [0.5, 0.6) is 0 Å². The maximum atomic E-state index is 12.6. The molecule has 1 aliphatic rings. The van der Waals surface area contributed by atoms with E-state index in [1.807, 2.05) is 29.3 Å². The summed E-state index contributed by atoms with van der Waals surface area (Å²) in [6, 6.07) is 8.07. The zero-order valence-corrected chi connectivity index (χ0v) is 13.1. The van der Waals surface area contributed by atoms with Gasteiger partial charge in [0.05, 0.1) is 13.0 Å². The van der Waals surface area contributed by atoms with E-state index in [9.17, 15) is 4.79 Å². The van der Waals surface area contributed by atoms with Gasteiger partial charge in [0.1, 0.15) is 5.82 Å². The van der Waals surface area contributed by atoms with E-state index >= 15 is 0 Å². The fraction of sp³-hybridized carbons (Fsp3) is 0.353. The van der Waals surface area contributed by atoms with E-state index in [2.05, 4.69) is 32.7 Å². The Morgan fingerprint density at radius 1 is 1.26 bits per heavy atom. The standard InChI is InChI=1S/C17H19N5O/c1-2-15-19-20-16-11-21(7-8-22(15)16)17(23)9-12-10-18-14-6-4-3-5-13(12)14/h3-6,10,18H,2,7-9,11H2,1H3. The summed E-state index contributed by atoms with van der Waals surface area (Å²) in [7, 11) is 0. The Bertz CT molecular complexity index is 863. The van der Waals surface area contributed by atoms with Crippen LogP contribution in [0.4, 0.5) is 0 Å². The third-order valence-corrected chi connectivity index (χ3v) is 4.52. The number of amides is 1. The van der Waals surface area contributed by atoms with Crippen LogP contribution in [0.25, 0.3) is 10.9 Å². The predicted molar refractivity (Wildman–Crippen MR) is 86.8 cm³/mol. The van der Waals surface area contributed by atoms with E-state index < -0.39 is 0 Å². The van der Waals surface area contributed by atoms with E-state index in [-0.39, 0.29) is 5.91 Å². The zero-order valence-electron chi connectivity index (χ0n) is 13.1. The number of carbonyl (C=O) groups excluding carboxylic acids is 1. The molecule has 0 saturated heterocycles. The van der Waals surface area contributed by atoms with E-state index in [0.717, 1.165) is 47.6 Å². The molecule has 1 aliphatic heterocycles. The molecule has 1 N–H and O–H groups in total. The number of hydrogen-bond donors (Lipinski definition) is 1. The zero-order chi connectivity index (χ0) is 15.8. The van der Waals surface area contributed by atoms with Crippen LogP contribution in [-0.4, -0.2) is 37.1 Å². The Morgan fingerprint density at radius 3 is 3.00 bits per heavy atom. The molecule has 6 heteroatoms. The minimum atomic E-state index is 0.141. The molecule has 1 amide bonds. The number of nitrogens with zero attached hydrogens (tertiary/aromatic N) is 4. The SMILES string of the molecule is CCc1nnc2n1CCN(C(=O)Cc1c[nH]c3ccccc13)C2. The molecule has 0 bridgehead atoms. The molecule has 118 valence electrons. The quantitative estimate of drug-likeness (QED) is 0.803. The number of aromatic amines is 1. The maximum absolute atomic E-state index is 12.6. The monoisotopic (exact) mass is 309 g/mol. The summed E-state index contributed by atoms with van der Waals surface area (Å²) in [6.07, 6.45) is 3.22. The number of rotatable bonds is 3. The fourth-order valence-corrected chi connectivity index (χ4v) is 3.24. The van der Waals surface area contributed by atoms with Gasteiger partial charge in [-0.1, -0.05) is 25.1 Å². The van der Waals surface area contributed by atoms with E-state index in [4.69, 9.17) is 0 Å². The van der Waals surface area contributed by atoms with Gasteiger partial charge in [0.2, 0.25) is 5.91 Å². The molecule has 6 nitrogen and oxygen atoms in total. The molecule has 0 radical (unpaired) electrons. The molecule has 0 unspecified atom stereocenters. The van der Waals surface area contributed by atoms with Crippen molar-refractivity contribution in [3.05, 3.63) is 47.7 Å². The van der Waals surface area contributed by atoms with Gasteiger partial charge in [0, 0.05) is 36.6 Å². The summed E-state index contributed by atoms with van der Waals surface area (Å²) in [5.41, 5.74) is 2.12. The predicted octanol–water partition coefficient (Wildman–Crippen LogP) is 1.91. The van der Waals surface area contributed by atoms with Crippen LogP contribution in [0.1, 0.15) is 24.1 Å². The average molecular weight is 309 g/mol. The van der Waals surface area contributed by atoms with E-state index in [0.29, 0.717) is 13.0 Å². The van der Waals surface area contributed by atoms with Gasteiger partial charge in [0.15, 0.2) is 5.82 Å². The van der Waals surface area contributed by atoms with Crippen LogP contribution < -0.4 is 0 Å². The van der Waals surface area contributed by atoms with Crippen LogP contribution in [0.3, 0.4) is 0 Å². The first-order chi connectivity index (χ1) is 11.3. The normalized spacial score (nSPS) is 14.2. The second kappa shape index (κ2) is 5.53. The molecule has 0 atom stereocenters. The lowest BCUT2D eigenvalue weighted by atomic mass is 10.1. The number of para-hydroxylation sites is 1. The van der Waals surface area contributed by atoms with Crippen molar-refractivity contribution < 1.29 is 4.79 Å². The highest BCUT2D eigenvalue weighted by Crippen LogP contribution is 2.20. The second-order valence-electron chi connectivity index (χ2n) is 5.89.